The van der Waals surface area contributed by atoms with Crippen LogP contribution in [0.1, 0.15) is 48.9 Å². The van der Waals surface area contributed by atoms with Gasteiger partial charge in [-0.1, -0.05) is 6.07 Å². The van der Waals surface area contributed by atoms with Gasteiger partial charge in [0.05, 0.1) is 7.11 Å². The van der Waals surface area contributed by atoms with Crippen molar-refractivity contribution in [2.45, 2.75) is 50.7 Å². The van der Waals surface area contributed by atoms with Crippen molar-refractivity contribution in [3.05, 3.63) is 29.8 Å². The molecule has 1 aromatic rings. The molecule has 0 radical (unpaired) electrons. The van der Waals surface area contributed by atoms with Gasteiger partial charge in [-0.15, -0.1) is 0 Å². The molecule has 2 saturated heterocycles. The zero-order valence-electron chi connectivity index (χ0n) is 18.3. The van der Waals surface area contributed by atoms with Gasteiger partial charge >= 0.3 is 5.97 Å². The van der Waals surface area contributed by atoms with Gasteiger partial charge in [0.25, 0.3) is 5.91 Å². The molecule has 0 unspecified atom stereocenters. The molecule has 0 bridgehead atoms. The van der Waals surface area contributed by atoms with Gasteiger partial charge in [-0.3, -0.25) is 9.59 Å². The van der Waals surface area contributed by atoms with Crippen molar-refractivity contribution in [1.82, 2.24) is 15.1 Å². The fourth-order valence-electron chi connectivity index (χ4n) is 4.26. The first-order chi connectivity index (χ1) is 14.5. The van der Waals surface area contributed by atoms with Crippen LogP contribution in [-0.2, 0) is 9.53 Å². The summed E-state index contributed by atoms with van der Waals surface area (Å²) < 4.78 is 10.8. The number of hydrogen-bond donors (Lipinski definition) is 1. The van der Waals surface area contributed by atoms with E-state index in [4.69, 9.17) is 4.74 Å². The third-order valence-corrected chi connectivity index (χ3v) is 6.15. The van der Waals surface area contributed by atoms with E-state index in [9.17, 15) is 9.59 Å². The molecule has 30 heavy (non-hydrogen) atoms. The molecule has 1 aromatic carbocycles. The molecule has 7 heteroatoms. The molecule has 0 spiro atoms. The summed E-state index contributed by atoms with van der Waals surface area (Å²) in [5, 5.41) is 2.84. The van der Waals surface area contributed by atoms with Crippen LogP contribution in [0.5, 0.6) is 5.75 Å². The zero-order chi connectivity index (χ0) is 21.3. The third kappa shape index (κ3) is 6.71. The molecule has 1 N–H and O–H groups in total. The quantitative estimate of drug-likeness (QED) is 0.517. The smallest absolute Gasteiger partial charge is 0.305 e. The maximum atomic E-state index is 12.4. The number of esters is 1. The molecule has 0 atom stereocenters. The lowest BCUT2D eigenvalue weighted by atomic mass is 9.99. The average Bonchev–Trinajstić information content (AvgIpc) is 2.77. The molecule has 2 fully saturated rings. The topological polar surface area (TPSA) is 71.1 Å². The average molecular weight is 418 g/mol. The zero-order valence-corrected chi connectivity index (χ0v) is 18.3. The molecule has 166 valence electrons. The summed E-state index contributed by atoms with van der Waals surface area (Å²) >= 11 is 0. The number of amides is 1. The summed E-state index contributed by atoms with van der Waals surface area (Å²) in [7, 11) is 3.57. The second-order valence-corrected chi connectivity index (χ2v) is 8.35. The number of methoxy groups -OCH3 is 1. The van der Waals surface area contributed by atoms with Gasteiger partial charge in [0.1, 0.15) is 11.9 Å². The normalized spacial score (nSPS) is 19.4. The van der Waals surface area contributed by atoms with Gasteiger partial charge < -0.3 is 24.6 Å². The molecular weight excluding hydrogens is 382 g/mol. The Kier molecular flexibility index (Phi) is 8.51. The summed E-state index contributed by atoms with van der Waals surface area (Å²) in [5.41, 5.74) is 0.578. The van der Waals surface area contributed by atoms with Gasteiger partial charge in [-0.05, 0) is 70.4 Å². The minimum absolute atomic E-state index is 0.151. The number of carbonyl (C=O) groups is 2. The van der Waals surface area contributed by atoms with Gasteiger partial charge in [-0.25, -0.2) is 0 Å². The second kappa shape index (κ2) is 11.3. The number of rotatable bonds is 8. The largest absolute Gasteiger partial charge is 0.490 e. The summed E-state index contributed by atoms with van der Waals surface area (Å²) in [6.07, 6.45) is 5.64. The van der Waals surface area contributed by atoms with E-state index in [-0.39, 0.29) is 18.0 Å². The Bertz CT molecular complexity index is 695. The first kappa shape index (κ1) is 22.6. The number of nitrogens with zero attached hydrogens (tertiary/aromatic N) is 2. The molecule has 2 heterocycles. The summed E-state index contributed by atoms with van der Waals surface area (Å²) in [6.45, 7) is 4.99. The Labute approximate surface area is 179 Å². The Hall–Kier alpha value is -2.12. The predicted molar refractivity (Wildman–Crippen MR) is 116 cm³/mol. The van der Waals surface area contributed by atoms with Crippen LogP contribution >= 0.6 is 0 Å². The van der Waals surface area contributed by atoms with Crippen LogP contribution in [0.25, 0.3) is 0 Å². The molecule has 2 aliphatic heterocycles. The highest BCUT2D eigenvalue weighted by Crippen LogP contribution is 2.24. The minimum Gasteiger partial charge on any atom is -0.490 e. The van der Waals surface area contributed by atoms with Crippen LogP contribution in [0.15, 0.2) is 24.3 Å². The lowest BCUT2D eigenvalue weighted by Crippen LogP contribution is -2.48. The molecule has 2 aliphatic rings. The number of carbonyl (C=O) groups excluding carboxylic acids is 2. The Morgan fingerprint density at radius 3 is 2.53 bits per heavy atom. The SMILES string of the molecule is COC(=O)CCCNC(=O)c1cccc(OC2CCN(C3CCN(C)CC3)CC2)c1. The number of piperidine rings is 2. The highest BCUT2D eigenvalue weighted by atomic mass is 16.5. The van der Waals surface area contributed by atoms with Crippen LogP contribution in [0, 0.1) is 0 Å². The first-order valence-electron chi connectivity index (χ1n) is 11.1. The van der Waals surface area contributed by atoms with E-state index in [2.05, 4.69) is 26.9 Å². The number of hydrogen-bond acceptors (Lipinski definition) is 6. The standard InChI is InChI=1S/C23H35N3O4/c1-25-13-8-19(9-14-25)26-15-10-20(11-16-26)30-21-6-3-5-18(17-21)23(28)24-12-4-7-22(27)29-2/h3,5-6,17,19-20H,4,7-16H2,1-2H3,(H,24,28). The maximum absolute atomic E-state index is 12.4. The van der Waals surface area contributed by atoms with Crippen LogP contribution in [0.2, 0.25) is 0 Å². The maximum Gasteiger partial charge on any atom is 0.305 e. The van der Waals surface area contributed by atoms with Gasteiger partial charge in [0.2, 0.25) is 0 Å². The summed E-state index contributed by atoms with van der Waals surface area (Å²) in [6, 6.07) is 8.07. The van der Waals surface area contributed by atoms with E-state index in [1.807, 2.05) is 12.1 Å². The Balaban J connectivity index is 1.42. The number of likely N-dealkylation sites (tertiary alicyclic amines) is 2. The molecule has 0 aromatic heterocycles. The van der Waals surface area contributed by atoms with Crippen LogP contribution in [-0.4, -0.2) is 80.7 Å². The summed E-state index contributed by atoms with van der Waals surface area (Å²) in [5.74, 6) is 0.332. The molecule has 0 aliphatic carbocycles. The summed E-state index contributed by atoms with van der Waals surface area (Å²) in [4.78, 5) is 28.5. The predicted octanol–water partition coefficient (Wildman–Crippen LogP) is 2.31. The van der Waals surface area contributed by atoms with E-state index >= 15 is 0 Å². The van der Waals surface area contributed by atoms with Gasteiger partial charge in [-0.2, -0.15) is 0 Å². The van der Waals surface area contributed by atoms with Crippen molar-refractivity contribution >= 4 is 11.9 Å². The third-order valence-electron chi connectivity index (χ3n) is 6.15. The van der Waals surface area contributed by atoms with Gasteiger partial charge in [0, 0.05) is 37.7 Å². The van der Waals surface area contributed by atoms with Crippen molar-refractivity contribution in [3.8, 4) is 5.75 Å². The Morgan fingerprint density at radius 2 is 1.83 bits per heavy atom. The van der Waals surface area contributed by atoms with Crippen molar-refractivity contribution in [1.29, 1.82) is 0 Å². The van der Waals surface area contributed by atoms with E-state index < -0.39 is 0 Å². The van der Waals surface area contributed by atoms with Crippen molar-refractivity contribution in [3.63, 3.8) is 0 Å². The molecule has 7 nitrogen and oxygen atoms in total. The highest BCUT2D eigenvalue weighted by Gasteiger charge is 2.28. The van der Waals surface area contributed by atoms with Crippen LogP contribution in [0.3, 0.4) is 0 Å². The first-order valence-corrected chi connectivity index (χ1v) is 11.1. The molecule has 1 amide bonds. The van der Waals surface area contributed by atoms with E-state index in [0.717, 1.165) is 31.7 Å². The van der Waals surface area contributed by atoms with Crippen LogP contribution < -0.4 is 10.1 Å². The van der Waals surface area contributed by atoms with E-state index in [1.165, 1.54) is 33.0 Å². The van der Waals surface area contributed by atoms with Crippen molar-refractivity contribution < 1.29 is 19.1 Å². The van der Waals surface area contributed by atoms with E-state index in [0.29, 0.717) is 31.0 Å². The minimum atomic E-state index is -0.262. The number of nitrogens with one attached hydrogen (secondary N) is 1. The second-order valence-electron chi connectivity index (χ2n) is 8.35. The number of benzene rings is 1. The molecular formula is C23H35N3O4. The van der Waals surface area contributed by atoms with Crippen molar-refractivity contribution in [2.75, 3.05) is 46.9 Å². The van der Waals surface area contributed by atoms with Crippen molar-refractivity contribution in [2.24, 2.45) is 0 Å². The van der Waals surface area contributed by atoms with Gasteiger partial charge in [0.15, 0.2) is 0 Å². The Morgan fingerprint density at radius 1 is 1.10 bits per heavy atom. The van der Waals surface area contributed by atoms with Crippen LogP contribution in [0.4, 0.5) is 0 Å². The lowest BCUT2D eigenvalue weighted by molar-refractivity contribution is -0.140. The number of ether oxygens (including phenoxy) is 2. The fraction of sp³-hybridized carbons (Fsp3) is 0.652. The highest BCUT2D eigenvalue weighted by molar-refractivity contribution is 5.94. The lowest BCUT2D eigenvalue weighted by Gasteiger charge is -2.41. The monoisotopic (exact) mass is 417 g/mol. The fourth-order valence-corrected chi connectivity index (χ4v) is 4.26. The van der Waals surface area contributed by atoms with E-state index in [1.54, 1.807) is 12.1 Å². The molecule has 0 saturated carbocycles. The molecule has 3 rings (SSSR count).